The number of allylic oxidation sites excluding steroid dienone is 1. The molecule has 0 amide bonds. The van der Waals surface area contributed by atoms with Gasteiger partial charge in [-0.15, -0.1) is 0 Å². The summed E-state index contributed by atoms with van der Waals surface area (Å²) in [6, 6.07) is 0. The zero-order valence-corrected chi connectivity index (χ0v) is 17.6. The van der Waals surface area contributed by atoms with Crippen LogP contribution in [0.1, 0.15) is 96.8 Å². The molecule has 162 valence electrons. The number of aliphatic carboxylic acids is 1. The smallest absolute Gasteiger partial charge is 0.336 e. The topological polar surface area (TPSA) is 101 Å². The molecule has 0 aromatic heterocycles. The molecule has 0 bridgehead atoms. The zero-order valence-electron chi connectivity index (χ0n) is 17.6. The molecule has 0 aliphatic carbocycles. The number of aliphatic hydroxyl groups is 1. The summed E-state index contributed by atoms with van der Waals surface area (Å²) in [7, 11) is 1.15. The first-order valence-corrected chi connectivity index (χ1v) is 10.5. The standard InChI is InChI=1S/C22H38O6/c1-3-4-5-9-12-15-19(23)16-13-10-7-6-8-11-14-17-22(27,21(25)26)18-20(24)28-2/h11,14,27H,3-10,12-13,15-18H2,1-2H3,(H,25,26)/b14-11+/t22-/m1/s1. The number of ether oxygens (including phenoxy) is 1. The minimum atomic E-state index is -2.12. The van der Waals surface area contributed by atoms with Gasteiger partial charge in [-0.3, -0.25) is 9.59 Å². The number of hydrogen-bond acceptors (Lipinski definition) is 5. The summed E-state index contributed by atoms with van der Waals surface area (Å²) in [4.78, 5) is 34.2. The van der Waals surface area contributed by atoms with Crippen LogP contribution >= 0.6 is 0 Å². The Labute approximate surface area is 169 Å². The van der Waals surface area contributed by atoms with Gasteiger partial charge in [0.2, 0.25) is 0 Å². The Kier molecular flexibility index (Phi) is 15.3. The maximum atomic E-state index is 11.8. The lowest BCUT2D eigenvalue weighted by Gasteiger charge is -2.20. The molecule has 0 unspecified atom stereocenters. The van der Waals surface area contributed by atoms with Gasteiger partial charge >= 0.3 is 11.9 Å². The van der Waals surface area contributed by atoms with Crippen LogP contribution < -0.4 is 0 Å². The van der Waals surface area contributed by atoms with Crippen molar-refractivity contribution in [3.05, 3.63) is 12.2 Å². The molecule has 6 heteroatoms. The van der Waals surface area contributed by atoms with Crippen LogP contribution in [0, 0.1) is 0 Å². The second kappa shape index (κ2) is 16.3. The Balaban J connectivity index is 3.77. The van der Waals surface area contributed by atoms with Crippen LogP contribution in [-0.2, 0) is 19.1 Å². The molecule has 0 saturated carbocycles. The summed E-state index contributed by atoms with van der Waals surface area (Å²) in [6.07, 6.45) is 14.6. The summed E-state index contributed by atoms with van der Waals surface area (Å²) in [5.41, 5.74) is -2.12. The number of Topliss-reactive ketones (excluding diaryl/α,β-unsaturated/α-hetero) is 1. The van der Waals surface area contributed by atoms with E-state index in [0.29, 0.717) is 18.6 Å². The van der Waals surface area contributed by atoms with Gasteiger partial charge in [0.1, 0.15) is 5.78 Å². The van der Waals surface area contributed by atoms with E-state index in [1.165, 1.54) is 19.3 Å². The number of esters is 1. The number of carboxylic acids is 1. The molecule has 0 saturated heterocycles. The summed E-state index contributed by atoms with van der Waals surface area (Å²) >= 11 is 0. The van der Waals surface area contributed by atoms with Crippen molar-refractivity contribution in [2.24, 2.45) is 0 Å². The van der Waals surface area contributed by atoms with E-state index in [2.05, 4.69) is 11.7 Å². The third-order valence-corrected chi connectivity index (χ3v) is 4.82. The molecule has 0 spiro atoms. The fourth-order valence-corrected chi connectivity index (χ4v) is 2.93. The van der Waals surface area contributed by atoms with E-state index in [0.717, 1.165) is 52.1 Å². The van der Waals surface area contributed by atoms with Crippen molar-refractivity contribution in [1.29, 1.82) is 0 Å². The van der Waals surface area contributed by atoms with Crippen molar-refractivity contribution in [1.82, 2.24) is 0 Å². The maximum absolute atomic E-state index is 11.8. The van der Waals surface area contributed by atoms with Crippen LogP contribution in [0.25, 0.3) is 0 Å². The minimum Gasteiger partial charge on any atom is -0.479 e. The molecule has 2 N–H and O–H groups in total. The molecular weight excluding hydrogens is 360 g/mol. The van der Waals surface area contributed by atoms with E-state index >= 15 is 0 Å². The Morgan fingerprint density at radius 1 is 0.893 bits per heavy atom. The number of unbranched alkanes of at least 4 members (excludes halogenated alkanes) is 8. The molecule has 0 aromatic carbocycles. The SMILES string of the molecule is CCCCCCCC(=O)CCCCCC/C=C/C[C@@](O)(CC(=O)OC)C(=O)O. The molecular formula is C22H38O6. The predicted molar refractivity (Wildman–Crippen MR) is 109 cm³/mol. The molecule has 1 atom stereocenters. The fourth-order valence-electron chi connectivity index (χ4n) is 2.93. The van der Waals surface area contributed by atoms with Crippen molar-refractivity contribution in [2.75, 3.05) is 7.11 Å². The largest absolute Gasteiger partial charge is 0.479 e. The van der Waals surface area contributed by atoms with Crippen molar-refractivity contribution >= 4 is 17.7 Å². The van der Waals surface area contributed by atoms with Crippen molar-refractivity contribution < 1.29 is 29.3 Å². The molecule has 0 rings (SSSR count). The quantitative estimate of drug-likeness (QED) is 0.199. The van der Waals surface area contributed by atoms with Gasteiger partial charge in [0.15, 0.2) is 5.60 Å². The molecule has 0 aliphatic heterocycles. The van der Waals surface area contributed by atoms with Crippen LogP contribution in [0.2, 0.25) is 0 Å². The highest BCUT2D eigenvalue weighted by atomic mass is 16.5. The average Bonchev–Trinajstić information content (AvgIpc) is 2.66. The summed E-state index contributed by atoms with van der Waals surface area (Å²) in [6.45, 7) is 2.18. The first kappa shape index (κ1) is 26.3. The third kappa shape index (κ3) is 13.5. The van der Waals surface area contributed by atoms with E-state index < -0.39 is 24.0 Å². The van der Waals surface area contributed by atoms with Crippen LogP contribution in [-0.4, -0.2) is 40.6 Å². The lowest BCUT2D eigenvalue weighted by Crippen LogP contribution is -2.40. The first-order valence-electron chi connectivity index (χ1n) is 10.5. The third-order valence-electron chi connectivity index (χ3n) is 4.82. The van der Waals surface area contributed by atoms with Crippen LogP contribution in [0.3, 0.4) is 0 Å². The monoisotopic (exact) mass is 398 g/mol. The summed E-state index contributed by atoms with van der Waals surface area (Å²) in [5, 5.41) is 19.1. The number of carboxylic acid groups (broad SMARTS) is 1. The van der Waals surface area contributed by atoms with Crippen molar-refractivity contribution in [3.8, 4) is 0 Å². The Morgan fingerprint density at radius 3 is 2.00 bits per heavy atom. The van der Waals surface area contributed by atoms with Gasteiger partial charge in [-0.05, 0) is 25.7 Å². The maximum Gasteiger partial charge on any atom is 0.336 e. The van der Waals surface area contributed by atoms with Gasteiger partial charge in [0.05, 0.1) is 13.5 Å². The predicted octanol–water partition coefficient (Wildman–Crippen LogP) is 4.58. The zero-order chi connectivity index (χ0) is 21.3. The van der Waals surface area contributed by atoms with Gasteiger partial charge in [-0.1, -0.05) is 57.6 Å². The lowest BCUT2D eigenvalue weighted by atomic mass is 9.95. The van der Waals surface area contributed by atoms with Crippen molar-refractivity contribution in [2.45, 2.75) is 102 Å². The Bertz CT molecular complexity index is 485. The fraction of sp³-hybridized carbons (Fsp3) is 0.773. The summed E-state index contributed by atoms with van der Waals surface area (Å²) < 4.78 is 4.42. The second-order valence-electron chi connectivity index (χ2n) is 7.42. The van der Waals surface area contributed by atoms with Gasteiger partial charge in [0.25, 0.3) is 0 Å². The normalized spacial score (nSPS) is 13.4. The molecule has 0 radical (unpaired) electrons. The number of carbonyl (C=O) groups excluding carboxylic acids is 2. The van der Waals surface area contributed by atoms with E-state index in [-0.39, 0.29) is 6.42 Å². The summed E-state index contributed by atoms with van der Waals surface area (Å²) in [5.74, 6) is -1.82. The van der Waals surface area contributed by atoms with E-state index in [4.69, 9.17) is 5.11 Å². The highest BCUT2D eigenvalue weighted by Crippen LogP contribution is 2.18. The number of methoxy groups -OCH3 is 1. The molecule has 0 aromatic rings. The van der Waals surface area contributed by atoms with Crippen LogP contribution in [0.15, 0.2) is 12.2 Å². The van der Waals surface area contributed by atoms with E-state index in [1.54, 1.807) is 6.08 Å². The lowest BCUT2D eigenvalue weighted by molar-refractivity contribution is -0.165. The molecule has 0 aliphatic rings. The number of hydrogen-bond donors (Lipinski definition) is 2. The Morgan fingerprint density at radius 2 is 1.46 bits per heavy atom. The Hall–Kier alpha value is -1.69. The van der Waals surface area contributed by atoms with E-state index in [9.17, 15) is 19.5 Å². The first-order chi connectivity index (χ1) is 13.4. The molecule has 28 heavy (non-hydrogen) atoms. The number of carbonyl (C=O) groups is 3. The van der Waals surface area contributed by atoms with Gasteiger partial charge in [-0.2, -0.15) is 0 Å². The molecule has 0 fully saturated rings. The van der Waals surface area contributed by atoms with Gasteiger partial charge in [-0.25, -0.2) is 4.79 Å². The van der Waals surface area contributed by atoms with Crippen molar-refractivity contribution in [3.63, 3.8) is 0 Å². The minimum absolute atomic E-state index is 0.135. The van der Waals surface area contributed by atoms with Crippen LogP contribution in [0.4, 0.5) is 0 Å². The molecule has 0 heterocycles. The highest BCUT2D eigenvalue weighted by molar-refractivity contribution is 5.84. The van der Waals surface area contributed by atoms with Gasteiger partial charge in [0, 0.05) is 19.3 Å². The van der Waals surface area contributed by atoms with Crippen LogP contribution in [0.5, 0.6) is 0 Å². The highest BCUT2D eigenvalue weighted by Gasteiger charge is 2.37. The van der Waals surface area contributed by atoms with E-state index in [1.807, 2.05) is 6.08 Å². The number of ketones is 1. The average molecular weight is 399 g/mol. The second-order valence-corrected chi connectivity index (χ2v) is 7.42. The van der Waals surface area contributed by atoms with Gasteiger partial charge < -0.3 is 14.9 Å². The molecule has 6 nitrogen and oxygen atoms in total. The number of rotatable bonds is 18.